The summed E-state index contributed by atoms with van der Waals surface area (Å²) in [7, 11) is 0. The van der Waals surface area contributed by atoms with Crippen molar-refractivity contribution in [1.82, 2.24) is 4.90 Å². The number of ether oxygens (including phenoxy) is 2. The predicted molar refractivity (Wildman–Crippen MR) is 104 cm³/mol. The second kappa shape index (κ2) is 10.9. The Balaban J connectivity index is 2.19. The minimum atomic E-state index is -1.09. The van der Waals surface area contributed by atoms with Crippen LogP contribution >= 0.6 is 0 Å². The van der Waals surface area contributed by atoms with Gasteiger partial charge in [-0.25, -0.2) is 14.5 Å². The summed E-state index contributed by atoms with van der Waals surface area (Å²) in [6.45, 7) is 3.33. The Bertz CT molecular complexity index is 776. The first-order chi connectivity index (χ1) is 13.5. The van der Waals surface area contributed by atoms with Gasteiger partial charge in [0.15, 0.2) is 0 Å². The smallest absolute Gasteiger partial charge is 0.417 e. The maximum absolute atomic E-state index is 12.6. The third kappa shape index (κ3) is 6.23. The van der Waals surface area contributed by atoms with Crippen molar-refractivity contribution < 1.29 is 23.9 Å². The molecule has 2 aromatic rings. The molecular formula is C22H25NO5. The average Bonchev–Trinajstić information content (AvgIpc) is 2.71. The molecule has 0 saturated heterocycles. The van der Waals surface area contributed by atoms with Crippen molar-refractivity contribution in [1.29, 1.82) is 0 Å². The fourth-order valence-corrected chi connectivity index (χ4v) is 2.68. The molecule has 0 spiro atoms. The van der Waals surface area contributed by atoms with Gasteiger partial charge >= 0.3 is 12.1 Å². The van der Waals surface area contributed by atoms with Crippen LogP contribution in [0.4, 0.5) is 4.79 Å². The van der Waals surface area contributed by atoms with Crippen molar-refractivity contribution in [2.45, 2.75) is 39.3 Å². The van der Waals surface area contributed by atoms with Gasteiger partial charge in [0.2, 0.25) is 5.91 Å². The number of benzene rings is 2. The Morgan fingerprint density at radius 3 is 2.00 bits per heavy atom. The highest BCUT2D eigenvalue weighted by molar-refractivity contribution is 5.96. The Labute approximate surface area is 165 Å². The van der Waals surface area contributed by atoms with Crippen molar-refractivity contribution in [3.8, 4) is 0 Å². The van der Waals surface area contributed by atoms with E-state index in [1.165, 1.54) is 6.92 Å². The summed E-state index contributed by atoms with van der Waals surface area (Å²) < 4.78 is 10.5. The molecule has 0 aromatic heterocycles. The third-order valence-electron chi connectivity index (χ3n) is 4.05. The maximum Gasteiger partial charge on any atom is 0.417 e. The van der Waals surface area contributed by atoms with E-state index in [1.54, 1.807) is 0 Å². The molecule has 0 aliphatic carbocycles. The summed E-state index contributed by atoms with van der Waals surface area (Å²) in [4.78, 5) is 38.3. The first-order valence-electron chi connectivity index (χ1n) is 9.24. The van der Waals surface area contributed by atoms with Crippen LogP contribution in [0, 0.1) is 0 Å². The van der Waals surface area contributed by atoms with Crippen LogP contribution in [0.25, 0.3) is 0 Å². The van der Waals surface area contributed by atoms with E-state index in [4.69, 9.17) is 9.47 Å². The van der Waals surface area contributed by atoms with Crippen LogP contribution in [-0.4, -0.2) is 35.5 Å². The molecule has 0 heterocycles. The van der Waals surface area contributed by atoms with E-state index in [1.807, 2.05) is 67.6 Å². The topological polar surface area (TPSA) is 72.9 Å². The molecule has 0 saturated carbocycles. The molecule has 2 amide bonds. The quantitative estimate of drug-likeness (QED) is 0.650. The lowest BCUT2D eigenvalue weighted by Crippen LogP contribution is -2.49. The van der Waals surface area contributed by atoms with Crippen LogP contribution in [0.2, 0.25) is 0 Å². The highest BCUT2D eigenvalue weighted by atomic mass is 16.6. The van der Waals surface area contributed by atoms with Crippen molar-refractivity contribution >= 4 is 18.0 Å². The zero-order chi connectivity index (χ0) is 20.4. The van der Waals surface area contributed by atoms with Crippen LogP contribution in [0.15, 0.2) is 60.7 Å². The summed E-state index contributed by atoms with van der Waals surface area (Å²) in [6, 6.07) is 17.2. The lowest BCUT2D eigenvalue weighted by Gasteiger charge is -2.27. The number of imide groups is 1. The van der Waals surface area contributed by atoms with Crippen LogP contribution in [-0.2, 0) is 32.1 Å². The number of amides is 2. The van der Waals surface area contributed by atoms with Gasteiger partial charge in [-0.05, 0) is 17.5 Å². The van der Waals surface area contributed by atoms with E-state index in [0.29, 0.717) is 6.42 Å². The third-order valence-corrected chi connectivity index (χ3v) is 4.05. The molecule has 0 N–H and O–H groups in total. The van der Waals surface area contributed by atoms with Crippen LogP contribution < -0.4 is 0 Å². The van der Waals surface area contributed by atoms with Gasteiger partial charge in [0.25, 0.3) is 0 Å². The molecule has 2 rings (SSSR count). The molecule has 2 aromatic carbocycles. The molecule has 0 radical (unpaired) electrons. The van der Waals surface area contributed by atoms with E-state index in [9.17, 15) is 14.4 Å². The Morgan fingerprint density at radius 2 is 1.46 bits per heavy atom. The van der Waals surface area contributed by atoms with Gasteiger partial charge in [-0.3, -0.25) is 4.79 Å². The van der Waals surface area contributed by atoms with Gasteiger partial charge < -0.3 is 9.47 Å². The molecule has 0 unspecified atom stereocenters. The summed E-state index contributed by atoms with van der Waals surface area (Å²) in [6.07, 6.45) is -0.0723. The molecule has 0 aliphatic heterocycles. The number of rotatable bonds is 8. The van der Waals surface area contributed by atoms with Crippen molar-refractivity contribution in [3.05, 3.63) is 71.8 Å². The zero-order valence-corrected chi connectivity index (χ0v) is 16.2. The molecular weight excluding hydrogens is 358 g/mol. The van der Waals surface area contributed by atoms with Crippen molar-refractivity contribution in [2.24, 2.45) is 0 Å². The molecule has 0 bridgehead atoms. The second-order valence-electron chi connectivity index (χ2n) is 6.30. The first kappa shape index (κ1) is 21.2. The van der Waals surface area contributed by atoms with Gasteiger partial charge in [0, 0.05) is 13.3 Å². The molecule has 0 aliphatic rings. The largest absolute Gasteiger partial charge is 0.464 e. The molecule has 1 atom stereocenters. The Kier molecular flexibility index (Phi) is 8.21. The molecule has 0 fully saturated rings. The monoisotopic (exact) mass is 383 g/mol. The van der Waals surface area contributed by atoms with Gasteiger partial charge in [-0.1, -0.05) is 67.6 Å². The minimum Gasteiger partial charge on any atom is -0.464 e. The summed E-state index contributed by atoms with van der Waals surface area (Å²) in [5.41, 5.74) is 1.59. The Morgan fingerprint density at radius 1 is 0.893 bits per heavy atom. The number of nitrogens with zero attached hydrogens (tertiary/aromatic N) is 1. The SMILES string of the molecule is CCCOC(=O)[C@H](Cc1ccccc1)N(C(C)=O)C(=O)OCc1ccccc1. The van der Waals surface area contributed by atoms with E-state index in [2.05, 4.69) is 0 Å². The van der Waals surface area contributed by atoms with Gasteiger partial charge in [-0.2, -0.15) is 0 Å². The summed E-state index contributed by atoms with van der Waals surface area (Å²) in [5.74, 6) is -1.20. The van der Waals surface area contributed by atoms with Crippen molar-refractivity contribution in [2.75, 3.05) is 6.61 Å². The Hall–Kier alpha value is -3.15. The van der Waals surface area contributed by atoms with E-state index < -0.39 is 24.0 Å². The number of carbonyl (C=O) groups excluding carboxylic acids is 3. The van der Waals surface area contributed by atoms with Crippen molar-refractivity contribution in [3.63, 3.8) is 0 Å². The summed E-state index contributed by atoms with van der Waals surface area (Å²) >= 11 is 0. The van der Waals surface area contributed by atoms with Gasteiger partial charge in [0.05, 0.1) is 6.61 Å². The normalized spacial score (nSPS) is 11.4. The van der Waals surface area contributed by atoms with Crippen LogP contribution in [0.5, 0.6) is 0 Å². The summed E-state index contributed by atoms with van der Waals surface area (Å²) in [5, 5.41) is 0. The second-order valence-corrected chi connectivity index (χ2v) is 6.30. The zero-order valence-electron chi connectivity index (χ0n) is 16.2. The fraction of sp³-hybridized carbons (Fsp3) is 0.318. The standard InChI is InChI=1S/C22H25NO5/c1-3-14-27-21(25)20(15-18-10-6-4-7-11-18)23(17(2)24)22(26)28-16-19-12-8-5-9-13-19/h4-13,20H,3,14-16H2,1-2H3/t20-/m0/s1. The molecule has 6 nitrogen and oxygen atoms in total. The lowest BCUT2D eigenvalue weighted by atomic mass is 10.0. The number of esters is 1. The molecule has 28 heavy (non-hydrogen) atoms. The number of carbonyl (C=O) groups is 3. The van der Waals surface area contributed by atoms with Gasteiger partial charge in [-0.15, -0.1) is 0 Å². The van der Waals surface area contributed by atoms with Crippen LogP contribution in [0.3, 0.4) is 0 Å². The van der Waals surface area contributed by atoms with E-state index in [0.717, 1.165) is 16.0 Å². The number of hydrogen-bond donors (Lipinski definition) is 0. The fourth-order valence-electron chi connectivity index (χ4n) is 2.68. The highest BCUT2D eigenvalue weighted by Crippen LogP contribution is 2.14. The van der Waals surface area contributed by atoms with E-state index >= 15 is 0 Å². The minimum absolute atomic E-state index is 0.00547. The predicted octanol–water partition coefficient (Wildman–Crippen LogP) is 3.74. The lowest BCUT2D eigenvalue weighted by molar-refractivity contribution is -0.153. The van der Waals surface area contributed by atoms with Gasteiger partial charge in [0.1, 0.15) is 12.6 Å². The average molecular weight is 383 g/mol. The maximum atomic E-state index is 12.6. The number of hydrogen-bond acceptors (Lipinski definition) is 5. The molecule has 148 valence electrons. The van der Waals surface area contributed by atoms with E-state index in [-0.39, 0.29) is 19.6 Å². The van der Waals surface area contributed by atoms with Crippen LogP contribution in [0.1, 0.15) is 31.4 Å². The molecule has 6 heteroatoms. The highest BCUT2D eigenvalue weighted by Gasteiger charge is 2.35. The first-order valence-corrected chi connectivity index (χ1v) is 9.24.